The number of rotatable bonds is 5. The topological polar surface area (TPSA) is 9.23 Å². The Morgan fingerprint density at radius 2 is 1.62 bits per heavy atom. The van der Waals surface area contributed by atoms with Crippen LogP contribution in [0.1, 0.15) is 18.1 Å². The molecule has 1 unspecified atom stereocenters. The molecule has 2 rings (SSSR count). The van der Waals surface area contributed by atoms with Crippen molar-refractivity contribution in [3.8, 4) is 24.2 Å². The maximum Gasteiger partial charge on any atom is 0.159 e. The van der Waals surface area contributed by atoms with Crippen LogP contribution in [-0.2, 0) is 16.8 Å². The number of benzene rings is 2. The molecule has 0 saturated carbocycles. The van der Waals surface area contributed by atoms with E-state index in [9.17, 15) is 0 Å². The van der Waals surface area contributed by atoms with Crippen LogP contribution in [0.25, 0.3) is 0 Å². The highest BCUT2D eigenvalue weighted by Crippen LogP contribution is 2.29. The van der Waals surface area contributed by atoms with Crippen molar-refractivity contribution in [2.75, 3.05) is 6.61 Å². The molecule has 0 radical (unpaired) electrons. The first kappa shape index (κ1) is 14.9. The minimum absolute atomic E-state index is 0.570. The van der Waals surface area contributed by atoms with E-state index in [4.69, 9.17) is 11.2 Å². The second kappa shape index (κ2) is 7.34. The molecule has 0 amide bonds. The Bertz CT molecular complexity index is 656. The molecule has 0 aromatic heterocycles. The molecule has 0 aliphatic carbocycles. The summed E-state index contributed by atoms with van der Waals surface area (Å²) in [7, 11) is 0. The number of hydrogen-bond acceptors (Lipinski definition) is 1. The molecule has 104 valence electrons. The third kappa shape index (κ3) is 3.76. The summed E-state index contributed by atoms with van der Waals surface area (Å²) >= 11 is 0. The minimum atomic E-state index is -0.705. The molecule has 0 aliphatic heterocycles. The molecule has 0 saturated heterocycles. The Balaban J connectivity index is 2.48. The summed E-state index contributed by atoms with van der Waals surface area (Å²) in [5.74, 6) is 8.28. The maximum absolute atomic E-state index is 6.05. The zero-order valence-electron chi connectivity index (χ0n) is 12.2. The van der Waals surface area contributed by atoms with Crippen molar-refractivity contribution < 1.29 is 4.74 Å². The Kier molecular flexibility index (Phi) is 5.22. The number of ether oxygens (including phenoxy) is 1. The van der Waals surface area contributed by atoms with Crippen molar-refractivity contribution in [2.45, 2.75) is 18.9 Å². The van der Waals surface area contributed by atoms with Crippen LogP contribution in [0.4, 0.5) is 0 Å². The van der Waals surface area contributed by atoms with Crippen LogP contribution in [0, 0.1) is 24.2 Å². The second-order valence-electron chi connectivity index (χ2n) is 4.68. The third-order valence-corrected chi connectivity index (χ3v) is 3.26. The van der Waals surface area contributed by atoms with Crippen LogP contribution < -0.4 is 0 Å². The van der Waals surface area contributed by atoms with Crippen molar-refractivity contribution in [3.63, 3.8) is 0 Å². The maximum atomic E-state index is 6.05. The predicted molar refractivity (Wildman–Crippen MR) is 86.5 cm³/mol. The fourth-order valence-electron chi connectivity index (χ4n) is 2.36. The van der Waals surface area contributed by atoms with Crippen molar-refractivity contribution in [2.24, 2.45) is 0 Å². The summed E-state index contributed by atoms with van der Waals surface area (Å²) in [4.78, 5) is 0. The van der Waals surface area contributed by atoms with Crippen LogP contribution >= 0.6 is 0 Å². The van der Waals surface area contributed by atoms with Gasteiger partial charge in [0.25, 0.3) is 0 Å². The van der Waals surface area contributed by atoms with E-state index in [1.807, 2.05) is 55.5 Å². The van der Waals surface area contributed by atoms with Gasteiger partial charge in [-0.25, -0.2) is 0 Å². The molecular formula is C20H18O. The molecule has 1 atom stereocenters. The van der Waals surface area contributed by atoms with Gasteiger partial charge in [-0.1, -0.05) is 60.7 Å². The van der Waals surface area contributed by atoms with Gasteiger partial charge in [0, 0.05) is 13.0 Å². The highest BCUT2D eigenvalue weighted by atomic mass is 16.5. The molecule has 2 aromatic rings. The lowest BCUT2D eigenvalue weighted by molar-refractivity contribution is 0.00364. The fraction of sp³-hybridized carbons (Fsp3) is 0.200. The summed E-state index contributed by atoms with van der Waals surface area (Å²) < 4.78 is 6.05. The lowest BCUT2D eigenvalue weighted by atomic mass is 9.87. The average Bonchev–Trinajstić information content (AvgIpc) is 2.55. The Labute approximate surface area is 127 Å². The van der Waals surface area contributed by atoms with Gasteiger partial charge in [0.05, 0.1) is 0 Å². The van der Waals surface area contributed by atoms with Gasteiger partial charge in [0.2, 0.25) is 0 Å². The molecule has 0 N–H and O–H groups in total. The minimum Gasteiger partial charge on any atom is -0.358 e. The van der Waals surface area contributed by atoms with E-state index >= 15 is 0 Å². The van der Waals surface area contributed by atoms with Crippen molar-refractivity contribution >= 4 is 0 Å². The fourth-order valence-corrected chi connectivity index (χ4v) is 2.36. The van der Waals surface area contributed by atoms with Gasteiger partial charge in [-0.3, -0.25) is 0 Å². The van der Waals surface area contributed by atoms with E-state index < -0.39 is 5.60 Å². The summed E-state index contributed by atoms with van der Waals surface area (Å²) in [6.07, 6.45) is 5.99. The molecule has 0 spiro atoms. The molecule has 21 heavy (non-hydrogen) atoms. The molecular weight excluding hydrogens is 256 g/mol. The van der Waals surface area contributed by atoms with Crippen LogP contribution in [0.2, 0.25) is 0 Å². The van der Waals surface area contributed by atoms with E-state index in [-0.39, 0.29) is 0 Å². The first-order valence-corrected chi connectivity index (χ1v) is 7.02. The molecule has 0 bridgehead atoms. The van der Waals surface area contributed by atoms with Gasteiger partial charge in [0.1, 0.15) is 0 Å². The van der Waals surface area contributed by atoms with Crippen LogP contribution in [-0.4, -0.2) is 6.61 Å². The number of terminal acetylenes is 1. The Morgan fingerprint density at radius 1 is 1.00 bits per heavy atom. The van der Waals surface area contributed by atoms with Gasteiger partial charge in [-0.2, -0.15) is 0 Å². The van der Waals surface area contributed by atoms with Crippen LogP contribution in [0.15, 0.2) is 60.7 Å². The normalized spacial score (nSPS) is 12.6. The summed E-state index contributed by atoms with van der Waals surface area (Å²) in [5, 5.41) is 0. The monoisotopic (exact) mass is 274 g/mol. The smallest absolute Gasteiger partial charge is 0.159 e. The van der Waals surface area contributed by atoms with E-state index in [2.05, 4.69) is 29.9 Å². The number of hydrogen-bond donors (Lipinski definition) is 0. The summed E-state index contributed by atoms with van der Waals surface area (Å²) in [6, 6.07) is 20.2. The van der Waals surface area contributed by atoms with Gasteiger partial charge >= 0.3 is 0 Å². The molecule has 1 nitrogen and oxygen atoms in total. The lowest BCUT2D eigenvalue weighted by Gasteiger charge is -2.29. The predicted octanol–water partition coefficient (Wildman–Crippen LogP) is 3.80. The summed E-state index contributed by atoms with van der Waals surface area (Å²) in [5.41, 5.74) is 1.49. The van der Waals surface area contributed by atoms with Crippen molar-refractivity contribution in [3.05, 3.63) is 71.8 Å². The van der Waals surface area contributed by atoms with Gasteiger partial charge in [-0.05, 0) is 35.8 Å². The first-order valence-electron chi connectivity index (χ1n) is 7.02. The average molecular weight is 274 g/mol. The van der Waals surface area contributed by atoms with E-state index in [1.165, 1.54) is 5.56 Å². The van der Waals surface area contributed by atoms with Crippen LogP contribution in [0.3, 0.4) is 0 Å². The molecule has 0 fully saturated rings. The molecule has 0 heterocycles. The van der Waals surface area contributed by atoms with Gasteiger partial charge < -0.3 is 4.74 Å². The Hall–Kier alpha value is -2.48. The quantitative estimate of drug-likeness (QED) is 0.754. The highest BCUT2D eigenvalue weighted by molar-refractivity contribution is 5.38. The molecule has 2 aromatic carbocycles. The standard InChI is InChI=1S/C20H18O/c1-3-5-16-20(21-4-2,19-14-10-7-11-15-19)17-18-12-8-6-9-13-18/h1,6-15H,4,17H2,2H3. The van der Waals surface area contributed by atoms with Gasteiger partial charge in [0.15, 0.2) is 5.60 Å². The third-order valence-electron chi connectivity index (χ3n) is 3.26. The Morgan fingerprint density at radius 3 is 2.19 bits per heavy atom. The largest absolute Gasteiger partial charge is 0.358 e. The zero-order chi connectivity index (χ0) is 15.0. The van der Waals surface area contributed by atoms with E-state index in [0.29, 0.717) is 13.0 Å². The lowest BCUT2D eigenvalue weighted by Crippen LogP contribution is -2.31. The first-order chi connectivity index (χ1) is 10.3. The van der Waals surface area contributed by atoms with E-state index in [1.54, 1.807) is 0 Å². The SMILES string of the molecule is C#CC#CC(Cc1ccccc1)(OCC)c1ccccc1. The van der Waals surface area contributed by atoms with E-state index in [0.717, 1.165) is 5.56 Å². The van der Waals surface area contributed by atoms with Crippen LogP contribution in [0.5, 0.6) is 0 Å². The van der Waals surface area contributed by atoms with Crippen molar-refractivity contribution in [1.82, 2.24) is 0 Å². The molecule has 0 aliphatic rings. The summed E-state index contributed by atoms with van der Waals surface area (Å²) in [6.45, 7) is 2.54. The highest BCUT2D eigenvalue weighted by Gasteiger charge is 2.31. The van der Waals surface area contributed by atoms with Gasteiger partial charge in [-0.15, -0.1) is 6.42 Å². The second-order valence-corrected chi connectivity index (χ2v) is 4.68. The van der Waals surface area contributed by atoms with Crippen molar-refractivity contribution in [1.29, 1.82) is 0 Å². The zero-order valence-corrected chi connectivity index (χ0v) is 12.2. The molecule has 1 heteroatoms.